The van der Waals surface area contributed by atoms with Crippen LogP contribution in [0.15, 0.2) is 0 Å². The van der Waals surface area contributed by atoms with Crippen molar-refractivity contribution in [1.29, 1.82) is 0 Å². The van der Waals surface area contributed by atoms with Crippen molar-refractivity contribution in [2.75, 3.05) is 13.1 Å². The molecule has 0 saturated carbocycles. The van der Waals surface area contributed by atoms with Gasteiger partial charge in [-0.3, -0.25) is 9.59 Å². The number of ether oxygens (including phenoxy) is 1. The number of hydrogen-bond donors (Lipinski definition) is 3. The molecule has 74 valence electrons. The van der Waals surface area contributed by atoms with Crippen LogP contribution in [0, 0.1) is 0 Å². The smallest absolute Gasteiger partial charge is 0.324 e. The Morgan fingerprint density at radius 2 is 2.31 bits per heavy atom. The van der Waals surface area contributed by atoms with Gasteiger partial charge in [-0.15, -0.1) is 0 Å². The lowest BCUT2D eigenvalue weighted by Gasteiger charge is -2.15. The Balaban J connectivity index is 2.48. The van der Waals surface area contributed by atoms with Crippen molar-refractivity contribution in [2.24, 2.45) is 5.73 Å². The molecule has 4 N–H and O–H groups in total. The Kier molecular flexibility index (Phi) is 3.21. The van der Waals surface area contributed by atoms with Crippen LogP contribution in [0.3, 0.4) is 0 Å². The minimum atomic E-state index is -1.01. The molecule has 1 heterocycles. The molecule has 0 aromatic heterocycles. The normalized spacial score (nSPS) is 27.2. The predicted molar refractivity (Wildman–Crippen MR) is 43.0 cm³/mol. The monoisotopic (exact) mass is 188 g/mol. The summed E-state index contributed by atoms with van der Waals surface area (Å²) in [5.74, 6) is -1.58. The van der Waals surface area contributed by atoms with Crippen molar-refractivity contribution in [1.82, 2.24) is 5.32 Å². The highest BCUT2D eigenvalue weighted by molar-refractivity contribution is 5.76. The van der Waals surface area contributed by atoms with Gasteiger partial charge in [0, 0.05) is 0 Å². The predicted octanol–water partition coefficient (Wildman–Crippen LogP) is -1.70. The summed E-state index contributed by atoms with van der Waals surface area (Å²) in [4.78, 5) is 21.4. The van der Waals surface area contributed by atoms with E-state index in [0.29, 0.717) is 13.0 Å². The summed E-state index contributed by atoms with van der Waals surface area (Å²) in [6, 6.07) is -0.796. The second-order valence-corrected chi connectivity index (χ2v) is 2.79. The van der Waals surface area contributed by atoms with Gasteiger partial charge in [0.25, 0.3) is 0 Å². The number of rotatable bonds is 3. The van der Waals surface area contributed by atoms with Gasteiger partial charge in [0.1, 0.15) is 12.1 Å². The topological polar surface area (TPSA) is 102 Å². The molecule has 6 heteroatoms. The van der Waals surface area contributed by atoms with E-state index in [1.165, 1.54) is 0 Å². The maximum atomic E-state index is 10.8. The molecular formula is C7H12N2O4. The van der Waals surface area contributed by atoms with Crippen LogP contribution >= 0.6 is 0 Å². The number of carboxylic acids is 1. The Labute approximate surface area is 75.0 Å². The van der Waals surface area contributed by atoms with Crippen LogP contribution < -0.4 is 11.1 Å². The number of nitrogens with one attached hydrogen (secondary N) is 1. The minimum absolute atomic E-state index is 0.219. The molecule has 1 unspecified atom stereocenters. The van der Waals surface area contributed by atoms with Crippen LogP contribution in [0.2, 0.25) is 0 Å². The first-order chi connectivity index (χ1) is 6.15. The Bertz CT molecular complexity index is 219. The SMILES string of the molecule is NCC(=O)OC1CCN[C@@H]1C(=O)O. The zero-order chi connectivity index (χ0) is 9.84. The minimum Gasteiger partial charge on any atom is -0.480 e. The number of nitrogens with two attached hydrogens (primary N) is 1. The van der Waals surface area contributed by atoms with E-state index in [2.05, 4.69) is 5.32 Å². The number of aliphatic carboxylic acids is 1. The Hall–Kier alpha value is -1.14. The molecule has 13 heavy (non-hydrogen) atoms. The molecule has 1 fully saturated rings. The van der Waals surface area contributed by atoms with Crippen molar-refractivity contribution in [2.45, 2.75) is 18.6 Å². The van der Waals surface area contributed by atoms with Gasteiger partial charge in [0.15, 0.2) is 0 Å². The van der Waals surface area contributed by atoms with Crippen LogP contribution in [-0.2, 0) is 14.3 Å². The van der Waals surface area contributed by atoms with Crippen LogP contribution in [0.25, 0.3) is 0 Å². The van der Waals surface area contributed by atoms with E-state index in [9.17, 15) is 9.59 Å². The summed E-state index contributed by atoms with van der Waals surface area (Å²) in [7, 11) is 0. The number of carbonyl (C=O) groups is 2. The first kappa shape index (κ1) is 9.94. The summed E-state index contributed by atoms with van der Waals surface area (Å²) >= 11 is 0. The molecule has 1 rings (SSSR count). The van der Waals surface area contributed by atoms with Gasteiger partial charge in [0.05, 0.1) is 6.54 Å². The van der Waals surface area contributed by atoms with E-state index in [1.807, 2.05) is 0 Å². The molecular weight excluding hydrogens is 176 g/mol. The first-order valence-corrected chi connectivity index (χ1v) is 4.01. The summed E-state index contributed by atoms with van der Waals surface area (Å²) in [5.41, 5.74) is 5.03. The largest absolute Gasteiger partial charge is 0.480 e. The molecule has 0 bridgehead atoms. The third-order valence-electron chi connectivity index (χ3n) is 1.88. The van der Waals surface area contributed by atoms with E-state index in [0.717, 1.165) is 0 Å². The fourth-order valence-electron chi connectivity index (χ4n) is 1.27. The lowest BCUT2D eigenvalue weighted by molar-refractivity contribution is -0.152. The summed E-state index contributed by atoms with van der Waals surface area (Å²) in [6.45, 7) is 0.322. The zero-order valence-electron chi connectivity index (χ0n) is 7.03. The standard InChI is InChI=1S/C7H12N2O4/c8-3-5(10)13-4-1-2-9-6(4)7(11)12/h4,6,9H,1-3,8H2,(H,11,12)/t4?,6-/m0/s1. The second kappa shape index (κ2) is 4.20. The third kappa shape index (κ3) is 2.40. The van der Waals surface area contributed by atoms with Crippen LogP contribution in [-0.4, -0.2) is 42.3 Å². The Morgan fingerprint density at radius 3 is 2.85 bits per heavy atom. The Morgan fingerprint density at radius 1 is 1.62 bits per heavy atom. The van der Waals surface area contributed by atoms with Crippen molar-refractivity contribution < 1.29 is 19.4 Å². The van der Waals surface area contributed by atoms with Gasteiger partial charge < -0.3 is 20.9 Å². The molecule has 0 aromatic rings. The molecule has 0 radical (unpaired) electrons. The molecule has 0 spiro atoms. The third-order valence-corrected chi connectivity index (χ3v) is 1.88. The second-order valence-electron chi connectivity index (χ2n) is 2.79. The van der Waals surface area contributed by atoms with Crippen molar-refractivity contribution in [3.8, 4) is 0 Å². The van der Waals surface area contributed by atoms with Gasteiger partial charge in [-0.05, 0) is 13.0 Å². The van der Waals surface area contributed by atoms with Crippen LogP contribution in [0.5, 0.6) is 0 Å². The van der Waals surface area contributed by atoms with E-state index in [4.69, 9.17) is 15.6 Å². The van der Waals surface area contributed by atoms with Gasteiger partial charge >= 0.3 is 11.9 Å². The average molecular weight is 188 g/mol. The number of hydrogen-bond acceptors (Lipinski definition) is 5. The van der Waals surface area contributed by atoms with Gasteiger partial charge in [0.2, 0.25) is 0 Å². The fourth-order valence-corrected chi connectivity index (χ4v) is 1.27. The highest BCUT2D eigenvalue weighted by Crippen LogP contribution is 2.11. The number of esters is 1. The summed E-state index contributed by atoms with van der Waals surface area (Å²) in [6.07, 6.45) is -0.0727. The molecule has 0 aromatic carbocycles. The van der Waals surface area contributed by atoms with Crippen LogP contribution in [0.1, 0.15) is 6.42 Å². The lowest BCUT2D eigenvalue weighted by atomic mass is 10.2. The number of carboxylic acid groups (broad SMARTS) is 1. The van der Waals surface area contributed by atoms with Gasteiger partial charge in [-0.1, -0.05) is 0 Å². The van der Waals surface area contributed by atoms with E-state index in [-0.39, 0.29) is 6.54 Å². The molecule has 1 aliphatic heterocycles. The maximum absolute atomic E-state index is 10.8. The van der Waals surface area contributed by atoms with E-state index >= 15 is 0 Å². The maximum Gasteiger partial charge on any atom is 0.324 e. The lowest BCUT2D eigenvalue weighted by Crippen LogP contribution is -2.41. The zero-order valence-corrected chi connectivity index (χ0v) is 7.03. The molecule has 2 atom stereocenters. The van der Waals surface area contributed by atoms with E-state index in [1.54, 1.807) is 0 Å². The van der Waals surface area contributed by atoms with Crippen molar-refractivity contribution in [3.05, 3.63) is 0 Å². The highest BCUT2D eigenvalue weighted by atomic mass is 16.5. The van der Waals surface area contributed by atoms with Crippen molar-refractivity contribution >= 4 is 11.9 Å². The van der Waals surface area contributed by atoms with Gasteiger partial charge in [-0.2, -0.15) is 0 Å². The van der Waals surface area contributed by atoms with E-state index < -0.39 is 24.1 Å². The van der Waals surface area contributed by atoms with Crippen LogP contribution in [0.4, 0.5) is 0 Å². The molecule has 1 saturated heterocycles. The quantitative estimate of drug-likeness (QED) is 0.456. The van der Waals surface area contributed by atoms with Gasteiger partial charge in [-0.25, -0.2) is 0 Å². The fraction of sp³-hybridized carbons (Fsp3) is 0.714. The number of carbonyl (C=O) groups excluding carboxylic acids is 1. The molecule has 0 aliphatic carbocycles. The molecule has 1 aliphatic rings. The molecule has 0 amide bonds. The molecule has 6 nitrogen and oxygen atoms in total. The highest BCUT2D eigenvalue weighted by Gasteiger charge is 2.35. The summed E-state index contributed by atoms with van der Waals surface area (Å²) < 4.78 is 4.83. The average Bonchev–Trinajstić information content (AvgIpc) is 2.52. The first-order valence-electron chi connectivity index (χ1n) is 4.01. The summed E-state index contributed by atoms with van der Waals surface area (Å²) in [5, 5.41) is 11.4. The van der Waals surface area contributed by atoms with Crippen molar-refractivity contribution in [3.63, 3.8) is 0 Å².